The van der Waals surface area contributed by atoms with Crippen LogP contribution in [0.1, 0.15) is 44.7 Å². The van der Waals surface area contributed by atoms with Crippen LogP contribution in [0.5, 0.6) is 0 Å². The van der Waals surface area contributed by atoms with E-state index >= 15 is 0 Å². The summed E-state index contributed by atoms with van der Waals surface area (Å²) in [5, 5.41) is 9.98. The first-order chi connectivity index (χ1) is 17.2. The van der Waals surface area contributed by atoms with E-state index in [-0.39, 0.29) is 12.2 Å². The molecule has 36 heavy (non-hydrogen) atoms. The van der Waals surface area contributed by atoms with Crippen LogP contribution in [0.2, 0.25) is 5.02 Å². The second-order valence-electron chi connectivity index (χ2n) is 9.16. The van der Waals surface area contributed by atoms with Gasteiger partial charge in [0.15, 0.2) is 0 Å². The number of aromatic nitrogens is 3. The second kappa shape index (κ2) is 11.0. The molecule has 2 N–H and O–H groups in total. The Morgan fingerprint density at radius 3 is 2.28 bits per heavy atom. The van der Waals surface area contributed by atoms with E-state index in [0.29, 0.717) is 10.7 Å². The summed E-state index contributed by atoms with van der Waals surface area (Å²) in [5.74, 6) is -2.04. The van der Waals surface area contributed by atoms with Gasteiger partial charge in [-0.15, -0.1) is 0 Å². The smallest absolute Gasteiger partial charge is 0.335 e. The van der Waals surface area contributed by atoms with Gasteiger partial charge in [-0.25, -0.2) is 19.1 Å². The number of carbonyl (C=O) groups is 1. The number of benzene rings is 2. The van der Waals surface area contributed by atoms with Crippen LogP contribution in [0.25, 0.3) is 0 Å². The van der Waals surface area contributed by atoms with E-state index in [1.54, 1.807) is 24.3 Å². The number of nitrogens with zero attached hydrogens (tertiary/aromatic N) is 4. The van der Waals surface area contributed by atoms with E-state index in [9.17, 15) is 19.5 Å². The summed E-state index contributed by atoms with van der Waals surface area (Å²) in [6.07, 6.45) is 3.60. The number of halogens is 1. The van der Waals surface area contributed by atoms with Crippen LogP contribution in [-0.4, -0.2) is 38.3 Å². The molecule has 1 aliphatic rings. The summed E-state index contributed by atoms with van der Waals surface area (Å²) in [6, 6.07) is 13.8. The molecule has 1 aromatic heterocycles. The van der Waals surface area contributed by atoms with Gasteiger partial charge < -0.3 is 10.0 Å². The van der Waals surface area contributed by atoms with Crippen molar-refractivity contribution in [1.29, 1.82) is 0 Å². The number of carboxylic acid groups (broad SMARTS) is 1. The number of nitrogens with one attached hydrogen (secondary N) is 1. The third-order valence-electron chi connectivity index (χ3n) is 6.71. The topological polar surface area (TPSA) is 113 Å². The highest BCUT2D eigenvalue weighted by atomic mass is 35.5. The average molecular weight is 512 g/mol. The quantitative estimate of drug-likeness (QED) is 0.503. The molecule has 1 saturated heterocycles. The van der Waals surface area contributed by atoms with E-state index < -0.39 is 29.3 Å². The Bertz CT molecular complexity index is 1400. The molecule has 1 fully saturated rings. The highest BCUT2D eigenvalue weighted by Gasteiger charge is 2.25. The van der Waals surface area contributed by atoms with Gasteiger partial charge in [0.2, 0.25) is 5.62 Å². The Morgan fingerprint density at radius 1 is 1.03 bits per heavy atom. The van der Waals surface area contributed by atoms with Gasteiger partial charge in [0.1, 0.15) is 0 Å². The maximum absolute atomic E-state index is 13.5. The summed E-state index contributed by atoms with van der Waals surface area (Å²) in [6.45, 7) is 5.17. The van der Waals surface area contributed by atoms with Gasteiger partial charge in [-0.3, -0.25) is 14.3 Å². The highest BCUT2D eigenvalue weighted by molar-refractivity contribution is 6.30. The first-order valence-electron chi connectivity index (χ1n) is 12.1. The molecule has 1 aliphatic heterocycles. The molecule has 0 saturated carbocycles. The number of aliphatic carboxylic acids is 1. The summed E-state index contributed by atoms with van der Waals surface area (Å²) in [4.78, 5) is 47.6. The standard InChI is InChI=1S/C26H30ClN5O4/c1-17(23(33)34)18(2)32-25(35)29-24(31(26(32)36)16-19-6-8-20(27)9-7-19)28-21-10-12-22(13-11-21)30-14-4-3-5-15-30/h6-13,17-18H,3-5,14-16H2,1-2H3,(H,33,34)(H,28,29,35)/t17-,18+/m1/s1. The van der Waals surface area contributed by atoms with Gasteiger partial charge in [-0.2, -0.15) is 0 Å². The van der Waals surface area contributed by atoms with Crippen LogP contribution in [0.15, 0.2) is 63.1 Å². The van der Waals surface area contributed by atoms with Crippen molar-refractivity contribution in [3.63, 3.8) is 0 Å². The van der Waals surface area contributed by atoms with Crippen molar-refractivity contribution in [1.82, 2.24) is 14.1 Å². The first kappa shape index (κ1) is 25.5. The summed E-state index contributed by atoms with van der Waals surface area (Å²) < 4.78 is 2.28. The van der Waals surface area contributed by atoms with Crippen molar-refractivity contribution < 1.29 is 9.90 Å². The van der Waals surface area contributed by atoms with Crippen LogP contribution in [-0.2, 0) is 11.3 Å². The lowest BCUT2D eigenvalue weighted by molar-refractivity contribution is -0.142. The van der Waals surface area contributed by atoms with Crippen molar-refractivity contribution in [3.05, 3.63) is 85.7 Å². The van der Waals surface area contributed by atoms with Gasteiger partial charge in [0.05, 0.1) is 24.2 Å². The number of H-pyrrole nitrogens is 1. The lowest BCUT2D eigenvalue weighted by atomic mass is 10.0. The minimum atomic E-state index is -1.10. The fourth-order valence-corrected chi connectivity index (χ4v) is 4.46. The van der Waals surface area contributed by atoms with Gasteiger partial charge in [0.25, 0.3) is 0 Å². The summed E-state index contributed by atoms with van der Waals surface area (Å²) in [5.41, 5.74) is 1.20. The average Bonchev–Trinajstić information content (AvgIpc) is 2.87. The van der Waals surface area contributed by atoms with Crippen LogP contribution in [0, 0.1) is 5.92 Å². The number of piperidine rings is 1. The molecule has 10 heteroatoms. The fourth-order valence-electron chi connectivity index (χ4n) is 4.34. The van der Waals surface area contributed by atoms with Gasteiger partial charge in [-0.1, -0.05) is 23.7 Å². The predicted octanol–water partition coefficient (Wildman–Crippen LogP) is 3.54. The Morgan fingerprint density at radius 2 is 1.67 bits per heavy atom. The number of hydrogen-bond acceptors (Lipinski definition) is 5. The van der Waals surface area contributed by atoms with Crippen molar-refractivity contribution in [2.75, 3.05) is 18.0 Å². The third-order valence-corrected chi connectivity index (χ3v) is 6.96. The molecule has 0 spiro atoms. The zero-order valence-corrected chi connectivity index (χ0v) is 21.1. The molecule has 0 amide bonds. The number of hydrogen-bond donors (Lipinski definition) is 2. The Kier molecular flexibility index (Phi) is 7.79. The van der Waals surface area contributed by atoms with E-state index in [1.807, 2.05) is 24.3 Å². The molecule has 0 bridgehead atoms. The molecule has 2 aromatic carbocycles. The fraction of sp³-hybridized carbons (Fsp3) is 0.385. The highest BCUT2D eigenvalue weighted by Crippen LogP contribution is 2.22. The van der Waals surface area contributed by atoms with Gasteiger partial charge >= 0.3 is 17.3 Å². The number of aromatic amines is 1. The van der Waals surface area contributed by atoms with Gasteiger partial charge in [0, 0.05) is 23.8 Å². The Labute approximate surface area is 213 Å². The van der Waals surface area contributed by atoms with Crippen molar-refractivity contribution in [2.45, 2.75) is 45.7 Å². The molecule has 0 aliphatic carbocycles. The maximum Gasteiger partial charge on any atom is 0.335 e. The molecular formula is C26H30ClN5O4. The summed E-state index contributed by atoms with van der Waals surface area (Å²) >= 11 is 6.01. The molecular weight excluding hydrogens is 482 g/mol. The molecule has 190 valence electrons. The van der Waals surface area contributed by atoms with E-state index in [2.05, 4.69) is 14.9 Å². The lowest BCUT2D eigenvalue weighted by Crippen LogP contribution is -2.52. The van der Waals surface area contributed by atoms with Crippen molar-refractivity contribution in [3.8, 4) is 0 Å². The zero-order valence-electron chi connectivity index (χ0n) is 20.4. The minimum Gasteiger partial charge on any atom is -0.481 e. The molecule has 0 radical (unpaired) electrons. The minimum absolute atomic E-state index is 0.0806. The van der Waals surface area contributed by atoms with Gasteiger partial charge in [-0.05, 0) is 75.1 Å². The van der Waals surface area contributed by atoms with E-state index in [1.165, 1.54) is 37.7 Å². The Balaban J connectivity index is 1.80. The zero-order chi connectivity index (χ0) is 25.8. The van der Waals surface area contributed by atoms with E-state index in [0.717, 1.165) is 28.9 Å². The molecule has 4 rings (SSSR count). The number of anilines is 1. The second-order valence-corrected chi connectivity index (χ2v) is 9.60. The maximum atomic E-state index is 13.5. The van der Waals surface area contributed by atoms with Crippen LogP contribution >= 0.6 is 11.6 Å². The number of carboxylic acids is 1. The molecule has 3 aromatic rings. The van der Waals surface area contributed by atoms with Crippen molar-refractivity contribution in [2.24, 2.45) is 10.9 Å². The molecule has 2 atom stereocenters. The summed E-state index contributed by atoms with van der Waals surface area (Å²) in [7, 11) is 0. The lowest BCUT2D eigenvalue weighted by Gasteiger charge is -2.28. The van der Waals surface area contributed by atoms with Crippen LogP contribution in [0.4, 0.5) is 11.4 Å². The van der Waals surface area contributed by atoms with Crippen molar-refractivity contribution >= 4 is 28.9 Å². The normalized spacial score (nSPS) is 16.1. The monoisotopic (exact) mass is 511 g/mol. The molecule has 9 nitrogen and oxygen atoms in total. The van der Waals surface area contributed by atoms with Crippen LogP contribution < -0.4 is 21.9 Å². The van der Waals surface area contributed by atoms with E-state index in [4.69, 9.17) is 11.6 Å². The van der Waals surface area contributed by atoms with Crippen LogP contribution in [0.3, 0.4) is 0 Å². The largest absolute Gasteiger partial charge is 0.481 e. The number of rotatable bonds is 7. The predicted molar refractivity (Wildman–Crippen MR) is 139 cm³/mol. The first-order valence-corrected chi connectivity index (χ1v) is 12.4. The third kappa shape index (κ3) is 5.62. The molecule has 2 heterocycles. The SMILES string of the molecule is C[C@@H](C(=O)O)[C@H](C)n1c(=O)[nH]/c(=N\c2ccc(N3CCCCC3)cc2)n(Cc2ccc(Cl)cc2)c1=O. The molecule has 0 unspecified atom stereocenters. The Hall–Kier alpha value is -3.59.